The zero-order valence-electron chi connectivity index (χ0n) is 13.6. The van der Waals surface area contributed by atoms with Crippen LogP contribution in [0.5, 0.6) is 0 Å². The molecule has 0 aliphatic heterocycles. The molecule has 1 aromatic carbocycles. The van der Waals surface area contributed by atoms with Gasteiger partial charge in [0.1, 0.15) is 16.2 Å². The number of thioether (sulfide) groups is 1. The Morgan fingerprint density at radius 3 is 2.88 bits per heavy atom. The third-order valence-electron chi connectivity index (χ3n) is 3.82. The lowest BCUT2D eigenvalue weighted by molar-refractivity contribution is 0.710. The Morgan fingerprint density at radius 1 is 1.24 bits per heavy atom. The van der Waals surface area contributed by atoms with Gasteiger partial charge in [0, 0.05) is 10.7 Å². The molecule has 0 aliphatic rings. The lowest BCUT2D eigenvalue weighted by atomic mass is 10.2. The molecule has 8 heteroatoms. The molecule has 0 spiro atoms. The van der Waals surface area contributed by atoms with E-state index in [-0.39, 0.29) is 5.56 Å². The van der Waals surface area contributed by atoms with Crippen LogP contribution >= 0.6 is 27.7 Å². The minimum Gasteiger partial charge on any atom is -0.292 e. The molecule has 0 N–H and O–H groups in total. The number of nitrogens with zero attached hydrogens (tertiary/aromatic N) is 5. The second-order valence-corrected chi connectivity index (χ2v) is 7.74. The zero-order chi connectivity index (χ0) is 17.6. The molecule has 25 heavy (non-hydrogen) atoms. The molecule has 0 fully saturated rings. The smallest absolute Gasteiger partial charge is 0.283 e. The topological polar surface area (TPSA) is 65.1 Å². The van der Waals surface area contributed by atoms with Crippen molar-refractivity contribution in [1.29, 1.82) is 0 Å². The standard InChI is InChI=1S/C17H14BrN5OS/c1-3-25-17-15(19-14-7-5-11(18)9-22(14)17)23-16(24)12-6-4-10(2)8-13(12)20-21-23/h4-9H,3H2,1-2H3. The predicted octanol–water partition coefficient (Wildman–Crippen LogP) is 3.61. The molecule has 0 bridgehead atoms. The summed E-state index contributed by atoms with van der Waals surface area (Å²) in [5, 5.41) is 9.74. The number of imidazole rings is 1. The summed E-state index contributed by atoms with van der Waals surface area (Å²) in [6, 6.07) is 9.37. The van der Waals surface area contributed by atoms with E-state index in [0.29, 0.717) is 16.7 Å². The first-order valence-corrected chi connectivity index (χ1v) is 9.53. The van der Waals surface area contributed by atoms with Crippen LogP contribution < -0.4 is 5.56 Å². The molecule has 4 rings (SSSR count). The van der Waals surface area contributed by atoms with Crippen LogP contribution in [-0.4, -0.2) is 30.1 Å². The van der Waals surface area contributed by atoms with Crippen molar-refractivity contribution < 1.29 is 0 Å². The molecule has 0 saturated carbocycles. The van der Waals surface area contributed by atoms with Crippen molar-refractivity contribution in [3.63, 3.8) is 0 Å². The summed E-state index contributed by atoms with van der Waals surface area (Å²) in [5.41, 5.74) is 2.17. The molecule has 126 valence electrons. The van der Waals surface area contributed by atoms with Crippen LogP contribution in [-0.2, 0) is 0 Å². The van der Waals surface area contributed by atoms with Gasteiger partial charge in [-0.3, -0.25) is 9.20 Å². The van der Waals surface area contributed by atoms with Crippen molar-refractivity contribution in [2.24, 2.45) is 0 Å². The molecule has 0 radical (unpaired) electrons. The van der Waals surface area contributed by atoms with Crippen LogP contribution in [0.3, 0.4) is 0 Å². The number of aryl methyl sites for hydroxylation is 1. The summed E-state index contributed by atoms with van der Waals surface area (Å²) in [6.07, 6.45) is 1.94. The molecule has 4 aromatic rings. The second kappa shape index (κ2) is 6.27. The van der Waals surface area contributed by atoms with E-state index in [2.05, 4.69) is 38.1 Å². The quantitative estimate of drug-likeness (QED) is 0.478. The number of fused-ring (bicyclic) bond motifs is 2. The van der Waals surface area contributed by atoms with Gasteiger partial charge in [-0.15, -0.1) is 16.9 Å². The number of pyridine rings is 1. The van der Waals surface area contributed by atoms with Crippen LogP contribution in [0.4, 0.5) is 0 Å². The van der Waals surface area contributed by atoms with E-state index < -0.39 is 0 Å². The fourth-order valence-electron chi connectivity index (χ4n) is 2.68. The number of halogens is 1. The highest BCUT2D eigenvalue weighted by atomic mass is 79.9. The van der Waals surface area contributed by atoms with Crippen LogP contribution in [0.1, 0.15) is 12.5 Å². The maximum atomic E-state index is 12.9. The average Bonchev–Trinajstić information content (AvgIpc) is 2.93. The van der Waals surface area contributed by atoms with Gasteiger partial charge in [-0.25, -0.2) is 4.98 Å². The number of hydrogen-bond donors (Lipinski definition) is 0. The molecule has 3 aromatic heterocycles. The van der Waals surface area contributed by atoms with Crippen LogP contribution in [0.2, 0.25) is 0 Å². The highest BCUT2D eigenvalue weighted by Gasteiger charge is 2.18. The summed E-state index contributed by atoms with van der Waals surface area (Å²) in [7, 11) is 0. The number of hydrogen-bond acceptors (Lipinski definition) is 5. The van der Waals surface area contributed by atoms with Gasteiger partial charge in [-0.2, -0.15) is 4.68 Å². The molecule has 3 heterocycles. The van der Waals surface area contributed by atoms with E-state index in [1.165, 1.54) is 4.68 Å². The summed E-state index contributed by atoms with van der Waals surface area (Å²) in [5.74, 6) is 1.35. The SMILES string of the molecule is CCSc1c(-n2nnc3cc(C)ccc3c2=O)nc2ccc(Br)cn12. The van der Waals surface area contributed by atoms with Gasteiger partial charge in [0.2, 0.25) is 0 Å². The zero-order valence-corrected chi connectivity index (χ0v) is 16.0. The van der Waals surface area contributed by atoms with Gasteiger partial charge < -0.3 is 0 Å². The van der Waals surface area contributed by atoms with E-state index in [1.807, 2.05) is 41.8 Å². The Morgan fingerprint density at radius 2 is 2.08 bits per heavy atom. The van der Waals surface area contributed by atoms with E-state index >= 15 is 0 Å². The van der Waals surface area contributed by atoms with Crippen molar-refractivity contribution in [3.8, 4) is 5.82 Å². The largest absolute Gasteiger partial charge is 0.292 e. The summed E-state index contributed by atoms with van der Waals surface area (Å²) in [6.45, 7) is 4.02. The van der Waals surface area contributed by atoms with Crippen molar-refractivity contribution in [2.75, 3.05) is 5.75 Å². The van der Waals surface area contributed by atoms with E-state index in [9.17, 15) is 4.79 Å². The summed E-state index contributed by atoms with van der Waals surface area (Å²) >= 11 is 5.09. The molecule has 0 saturated heterocycles. The molecular weight excluding hydrogens is 402 g/mol. The molecule has 0 atom stereocenters. The predicted molar refractivity (Wildman–Crippen MR) is 103 cm³/mol. The maximum Gasteiger partial charge on any atom is 0.283 e. The van der Waals surface area contributed by atoms with Gasteiger partial charge in [-0.1, -0.05) is 18.2 Å². The second-order valence-electron chi connectivity index (χ2n) is 5.58. The Bertz CT molecular complexity index is 1170. The first-order valence-electron chi connectivity index (χ1n) is 7.75. The Kier molecular flexibility index (Phi) is 4.09. The van der Waals surface area contributed by atoms with Crippen molar-refractivity contribution in [1.82, 2.24) is 24.4 Å². The van der Waals surface area contributed by atoms with E-state index in [1.54, 1.807) is 17.8 Å². The number of benzene rings is 1. The first kappa shape index (κ1) is 16.3. The van der Waals surface area contributed by atoms with Gasteiger partial charge in [0.25, 0.3) is 5.56 Å². The van der Waals surface area contributed by atoms with Crippen LogP contribution in [0, 0.1) is 6.92 Å². The minimum absolute atomic E-state index is 0.217. The third kappa shape index (κ3) is 2.75. The van der Waals surface area contributed by atoms with Gasteiger partial charge in [0.15, 0.2) is 5.82 Å². The highest BCUT2D eigenvalue weighted by molar-refractivity contribution is 9.10. The number of rotatable bonds is 3. The third-order valence-corrected chi connectivity index (χ3v) is 5.23. The first-order chi connectivity index (χ1) is 12.1. The summed E-state index contributed by atoms with van der Waals surface area (Å²) in [4.78, 5) is 17.5. The fraction of sp³-hybridized carbons (Fsp3) is 0.176. The lowest BCUT2D eigenvalue weighted by Crippen LogP contribution is -2.23. The molecule has 6 nitrogen and oxygen atoms in total. The lowest BCUT2D eigenvalue weighted by Gasteiger charge is -2.05. The maximum absolute atomic E-state index is 12.9. The van der Waals surface area contributed by atoms with Crippen LogP contribution in [0.25, 0.3) is 22.4 Å². The number of aromatic nitrogens is 5. The minimum atomic E-state index is -0.217. The molecule has 0 unspecified atom stereocenters. The monoisotopic (exact) mass is 415 g/mol. The van der Waals surface area contributed by atoms with E-state index in [0.717, 1.165) is 26.5 Å². The molecule has 0 aliphatic carbocycles. The van der Waals surface area contributed by atoms with Gasteiger partial charge in [-0.05, 0) is 58.4 Å². The van der Waals surface area contributed by atoms with Crippen LogP contribution in [0.15, 0.2) is 50.8 Å². The van der Waals surface area contributed by atoms with Gasteiger partial charge in [0.05, 0.1) is 5.39 Å². The summed E-state index contributed by atoms with van der Waals surface area (Å²) < 4.78 is 4.19. The highest BCUT2D eigenvalue weighted by Crippen LogP contribution is 2.27. The van der Waals surface area contributed by atoms with E-state index in [4.69, 9.17) is 0 Å². The van der Waals surface area contributed by atoms with Crippen molar-refractivity contribution in [3.05, 3.63) is 56.9 Å². The van der Waals surface area contributed by atoms with Gasteiger partial charge >= 0.3 is 0 Å². The van der Waals surface area contributed by atoms with Crippen molar-refractivity contribution >= 4 is 44.2 Å². The van der Waals surface area contributed by atoms with Crippen molar-refractivity contribution in [2.45, 2.75) is 18.9 Å². The fourth-order valence-corrected chi connectivity index (χ4v) is 3.84. The Labute approximate surface area is 156 Å². The molecule has 0 amide bonds. The Balaban J connectivity index is 2.02. The average molecular weight is 416 g/mol. The molecular formula is C17H14BrN5OS. The Hall–Kier alpha value is -2.19. The normalized spacial score (nSPS) is 11.5.